The summed E-state index contributed by atoms with van der Waals surface area (Å²) in [5, 5.41) is 46.8. The van der Waals surface area contributed by atoms with E-state index in [1.54, 1.807) is 14.1 Å². The largest absolute Gasteiger partial charge is 0.508 e. The number of aromatic hydroxyl groups is 1. The molecule has 4 rings (SSSR count). The van der Waals surface area contributed by atoms with Crippen molar-refractivity contribution in [2.75, 3.05) is 34.7 Å². The van der Waals surface area contributed by atoms with Crippen LogP contribution in [0.3, 0.4) is 0 Å². The Hall–Kier alpha value is -4.07. The average molecular weight is 543 g/mol. The van der Waals surface area contributed by atoms with E-state index in [1.807, 2.05) is 0 Å². The molecular weight excluding hydrogens is 512 g/mol. The molecule has 3 aliphatic rings. The average Bonchev–Trinajstić information content (AvgIpc) is 2.80. The van der Waals surface area contributed by atoms with Crippen molar-refractivity contribution in [1.82, 2.24) is 15.1 Å². The molecule has 0 spiro atoms. The first-order valence-corrected chi connectivity index (χ1v) is 12.1. The minimum absolute atomic E-state index is 0.0478. The molecular formula is C26H30N4O9. The molecule has 0 bridgehead atoms. The molecule has 3 amide bonds. The topological polar surface area (TPSA) is 211 Å². The van der Waals surface area contributed by atoms with Gasteiger partial charge in [0.25, 0.3) is 11.8 Å². The van der Waals surface area contributed by atoms with E-state index in [4.69, 9.17) is 5.73 Å². The van der Waals surface area contributed by atoms with Crippen LogP contribution in [-0.4, -0.2) is 106 Å². The van der Waals surface area contributed by atoms with Crippen LogP contribution in [0.4, 0.5) is 0 Å². The number of nitrogens with one attached hydrogen (secondary N) is 1. The van der Waals surface area contributed by atoms with Crippen molar-refractivity contribution in [3.05, 3.63) is 45.7 Å². The lowest BCUT2D eigenvalue weighted by atomic mass is 9.57. The second kappa shape index (κ2) is 9.59. The van der Waals surface area contributed by atoms with Crippen molar-refractivity contribution in [1.29, 1.82) is 0 Å². The number of phenolic OH excluding ortho intramolecular Hbond substituents is 1. The number of hydrogen-bond donors (Lipinski definition) is 6. The molecule has 4 atom stereocenters. The third kappa shape index (κ3) is 4.18. The number of primary amides is 1. The zero-order valence-corrected chi connectivity index (χ0v) is 21.8. The number of likely N-dealkylation sites (N-methyl/N-ethyl adjacent to an activating group) is 2. The smallest absolute Gasteiger partial charge is 0.261 e. The van der Waals surface area contributed by atoms with E-state index in [2.05, 4.69) is 5.32 Å². The number of ketones is 2. The molecule has 39 heavy (non-hydrogen) atoms. The summed E-state index contributed by atoms with van der Waals surface area (Å²) in [6, 6.07) is 1.57. The van der Waals surface area contributed by atoms with Gasteiger partial charge < -0.3 is 31.1 Å². The Morgan fingerprint density at radius 3 is 2.31 bits per heavy atom. The van der Waals surface area contributed by atoms with Crippen LogP contribution in [-0.2, 0) is 25.6 Å². The number of imide groups is 1. The van der Waals surface area contributed by atoms with Gasteiger partial charge in [0.15, 0.2) is 11.4 Å². The molecule has 0 aromatic heterocycles. The second-order valence-corrected chi connectivity index (χ2v) is 10.6. The van der Waals surface area contributed by atoms with Crippen LogP contribution in [0, 0.1) is 11.8 Å². The van der Waals surface area contributed by atoms with Gasteiger partial charge in [0.2, 0.25) is 11.7 Å². The Labute approximate surface area is 223 Å². The Morgan fingerprint density at radius 1 is 1.10 bits per heavy atom. The van der Waals surface area contributed by atoms with E-state index in [9.17, 15) is 44.4 Å². The van der Waals surface area contributed by atoms with Gasteiger partial charge in [-0.05, 0) is 58.6 Å². The number of benzene rings is 1. The van der Waals surface area contributed by atoms with E-state index in [0.717, 1.165) is 0 Å². The van der Waals surface area contributed by atoms with E-state index < -0.39 is 75.6 Å². The van der Waals surface area contributed by atoms with Gasteiger partial charge in [-0.25, -0.2) is 0 Å². The zero-order chi connectivity index (χ0) is 29.1. The van der Waals surface area contributed by atoms with Crippen molar-refractivity contribution in [3.8, 4) is 5.75 Å². The third-order valence-electron chi connectivity index (χ3n) is 7.55. The first kappa shape index (κ1) is 28.0. The number of nitrogens with zero attached hydrogens (tertiary/aromatic N) is 2. The highest BCUT2D eigenvalue weighted by molar-refractivity contribution is 6.24. The zero-order valence-electron chi connectivity index (χ0n) is 21.8. The van der Waals surface area contributed by atoms with Gasteiger partial charge in [-0.2, -0.15) is 0 Å². The van der Waals surface area contributed by atoms with E-state index in [0.29, 0.717) is 5.56 Å². The van der Waals surface area contributed by atoms with Gasteiger partial charge in [0.05, 0.1) is 23.7 Å². The standard InChI is InChI=1S/C26H30N4O9/c1-29(2)9-14(31)28-25(38)12-6-5-10-7-11-8-13-18(30(3)4)21(34)17(24(27)37)23(36)26(13,39)22(35)16(11)20(33)15(10)19(12)32/h5-6,11,13,18,32-33,36,39H,7-9H2,1-4H3,(H2,27,37)(H,28,31,38)/t11-,13-,18-,26-/m0/s1. The number of carbonyl (C=O) groups is 5. The molecule has 1 aromatic carbocycles. The molecule has 13 nitrogen and oxygen atoms in total. The van der Waals surface area contributed by atoms with Gasteiger partial charge >= 0.3 is 0 Å². The molecule has 0 unspecified atom stereocenters. The van der Waals surface area contributed by atoms with Crippen molar-refractivity contribution < 1.29 is 44.4 Å². The predicted octanol–water partition coefficient (Wildman–Crippen LogP) is -1.22. The van der Waals surface area contributed by atoms with Crippen LogP contribution < -0.4 is 11.1 Å². The van der Waals surface area contributed by atoms with Crippen molar-refractivity contribution in [2.45, 2.75) is 24.5 Å². The van der Waals surface area contributed by atoms with E-state index in [-0.39, 0.29) is 36.1 Å². The van der Waals surface area contributed by atoms with Gasteiger partial charge in [-0.1, -0.05) is 6.07 Å². The summed E-state index contributed by atoms with van der Waals surface area (Å²) in [6.45, 7) is -0.0938. The first-order valence-electron chi connectivity index (χ1n) is 12.1. The summed E-state index contributed by atoms with van der Waals surface area (Å²) < 4.78 is 0. The molecule has 0 heterocycles. The van der Waals surface area contributed by atoms with Crippen LogP contribution in [0.15, 0.2) is 29.0 Å². The lowest BCUT2D eigenvalue weighted by molar-refractivity contribution is -0.153. The summed E-state index contributed by atoms with van der Waals surface area (Å²) in [4.78, 5) is 66.6. The predicted molar refractivity (Wildman–Crippen MR) is 135 cm³/mol. The molecule has 3 aliphatic carbocycles. The molecule has 208 valence electrons. The third-order valence-corrected chi connectivity index (χ3v) is 7.55. The second-order valence-electron chi connectivity index (χ2n) is 10.6. The number of Topliss-reactive ketones (excluding diaryl/α,β-unsaturated/α-hetero) is 2. The van der Waals surface area contributed by atoms with Crippen LogP contribution in [0.1, 0.15) is 27.9 Å². The number of aliphatic hydroxyl groups is 3. The van der Waals surface area contributed by atoms with Crippen LogP contribution >= 0.6 is 0 Å². The number of nitrogens with two attached hydrogens (primary N) is 1. The van der Waals surface area contributed by atoms with Crippen molar-refractivity contribution in [3.63, 3.8) is 0 Å². The fourth-order valence-electron chi connectivity index (χ4n) is 5.92. The highest BCUT2D eigenvalue weighted by atomic mass is 16.3. The fraction of sp³-hybridized carbons (Fsp3) is 0.423. The number of fused-ring (bicyclic) bond motifs is 3. The summed E-state index contributed by atoms with van der Waals surface area (Å²) in [7, 11) is 6.29. The SMILES string of the molecule is CN(C)CC(=O)NC(=O)c1ccc2c(c1O)C(O)=C1C(=O)[C@]3(O)C(O)=C(C(N)=O)C(=O)[C@@H](N(C)C)[C@@H]3C[C@@H]1C2. The molecule has 1 saturated carbocycles. The lowest BCUT2D eigenvalue weighted by Crippen LogP contribution is -2.65. The van der Waals surface area contributed by atoms with Crippen molar-refractivity contribution >= 4 is 35.0 Å². The highest BCUT2D eigenvalue weighted by Crippen LogP contribution is 2.52. The number of rotatable bonds is 5. The normalized spacial score (nSPS) is 26.4. The minimum atomic E-state index is -2.76. The van der Waals surface area contributed by atoms with Crippen LogP contribution in [0.25, 0.3) is 5.76 Å². The maximum absolute atomic E-state index is 13.8. The molecule has 7 N–H and O–H groups in total. The maximum atomic E-state index is 13.8. The minimum Gasteiger partial charge on any atom is -0.508 e. The van der Waals surface area contributed by atoms with Crippen molar-refractivity contribution in [2.24, 2.45) is 17.6 Å². The number of hydrogen-bond acceptors (Lipinski definition) is 11. The maximum Gasteiger partial charge on any atom is 0.261 e. The first-order chi connectivity index (χ1) is 18.1. The summed E-state index contributed by atoms with van der Waals surface area (Å²) in [5.74, 6) is -9.38. The van der Waals surface area contributed by atoms with E-state index in [1.165, 1.54) is 36.0 Å². The summed E-state index contributed by atoms with van der Waals surface area (Å²) in [6.07, 6.45) is 0.0390. The molecule has 0 saturated heterocycles. The molecule has 13 heteroatoms. The Kier molecular flexibility index (Phi) is 6.88. The van der Waals surface area contributed by atoms with E-state index >= 15 is 0 Å². The molecule has 1 aromatic rings. The summed E-state index contributed by atoms with van der Waals surface area (Å²) in [5.41, 5.74) is 1.13. The number of phenols is 1. The molecule has 0 aliphatic heterocycles. The van der Waals surface area contributed by atoms with Gasteiger partial charge in [0.1, 0.15) is 22.8 Å². The van der Waals surface area contributed by atoms with Crippen LogP contribution in [0.5, 0.6) is 5.75 Å². The summed E-state index contributed by atoms with van der Waals surface area (Å²) >= 11 is 0. The Balaban J connectivity index is 1.84. The quantitative estimate of drug-likeness (QED) is 0.243. The monoisotopic (exact) mass is 542 g/mol. The number of amides is 3. The van der Waals surface area contributed by atoms with Gasteiger partial charge in [-0.15, -0.1) is 0 Å². The highest BCUT2D eigenvalue weighted by Gasteiger charge is 2.64. The Morgan fingerprint density at radius 2 is 1.74 bits per heavy atom. The van der Waals surface area contributed by atoms with Crippen LogP contribution in [0.2, 0.25) is 0 Å². The lowest BCUT2D eigenvalue weighted by Gasteiger charge is -2.50. The van der Waals surface area contributed by atoms with Gasteiger partial charge in [-0.3, -0.25) is 34.2 Å². The fourth-order valence-corrected chi connectivity index (χ4v) is 5.92. The Bertz CT molecular complexity index is 1390. The van der Waals surface area contributed by atoms with Gasteiger partial charge in [0, 0.05) is 11.5 Å². The molecule has 1 fully saturated rings. The molecule has 0 radical (unpaired) electrons. The number of aliphatic hydroxyl groups excluding tert-OH is 2. The number of carbonyl (C=O) groups excluding carboxylic acids is 5.